The first-order valence-electron chi connectivity index (χ1n) is 5.92. The Kier molecular flexibility index (Phi) is 5.19. The van der Waals surface area contributed by atoms with Gasteiger partial charge in [-0.2, -0.15) is 13.2 Å². The van der Waals surface area contributed by atoms with Crippen LogP contribution in [0.5, 0.6) is 0 Å². The highest BCUT2D eigenvalue weighted by atomic mass is 32.1. The van der Waals surface area contributed by atoms with Crippen molar-refractivity contribution < 1.29 is 13.2 Å². The van der Waals surface area contributed by atoms with Crippen LogP contribution in [0.3, 0.4) is 0 Å². The minimum absolute atomic E-state index is 0.0972. The van der Waals surface area contributed by atoms with Gasteiger partial charge in [-0.25, -0.2) is 0 Å². The monoisotopic (exact) mass is 268 g/mol. The lowest BCUT2D eigenvalue weighted by atomic mass is 10.1. The molecule has 1 rings (SSSR count). The van der Waals surface area contributed by atoms with Crippen molar-refractivity contribution >= 4 is 17.2 Å². The van der Waals surface area contributed by atoms with Crippen LogP contribution in [0.4, 0.5) is 13.2 Å². The molecule has 0 saturated carbocycles. The summed E-state index contributed by atoms with van der Waals surface area (Å²) in [6.45, 7) is 2.58. The molecule has 0 spiro atoms. The topological polar surface area (TPSA) is 29.3 Å². The van der Waals surface area contributed by atoms with Crippen molar-refractivity contribution in [3.63, 3.8) is 0 Å². The molecule has 1 aliphatic rings. The summed E-state index contributed by atoms with van der Waals surface area (Å²) in [7, 11) is 0. The summed E-state index contributed by atoms with van der Waals surface area (Å²) < 4.78 is 38.3. The van der Waals surface area contributed by atoms with Gasteiger partial charge in [-0.15, -0.1) is 0 Å². The van der Waals surface area contributed by atoms with Crippen LogP contribution in [0.1, 0.15) is 32.6 Å². The van der Waals surface area contributed by atoms with Crippen LogP contribution < -0.4 is 5.73 Å². The van der Waals surface area contributed by atoms with E-state index in [9.17, 15) is 13.2 Å². The van der Waals surface area contributed by atoms with Gasteiger partial charge in [-0.1, -0.05) is 25.1 Å². The van der Waals surface area contributed by atoms with Gasteiger partial charge < -0.3 is 5.73 Å². The average Bonchev–Trinajstić information content (AvgIpc) is 2.37. The zero-order valence-corrected chi connectivity index (χ0v) is 10.8. The van der Waals surface area contributed by atoms with Crippen LogP contribution in [-0.2, 0) is 0 Å². The predicted octanol–water partition coefficient (Wildman–Crippen LogP) is 2.72. The molecule has 2 unspecified atom stereocenters. The average molecular weight is 268 g/mol. The molecule has 1 fully saturated rings. The number of rotatable bonds is 3. The van der Waals surface area contributed by atoms with Crippen LogP contribution in [0.25, 0.3) is 0 Å². The fourth-order valence-corrected chi connectivity index (χ4v) is 2.40. The Morgan fingerprint density at radius 1 is 1.41 bits per heavy atom. The van der Waals surface area contributed by atoms with E-state index in [1.54, 1.807) is 0 Å². The maximum absolute atomic E-state index is 12.8. The molecule has 100 valence electrons. The molecule has 2 N–H and O–H groups in total. The van der Waals surface area contributed by atoms with Crippen LogP contribution in [0, 0.1) is 5.92 Å². The van der Waals surface area contributed by atoms with Gasteiger partial charge in [0.2, 0.25) is 0 Å². The van der Waals surface area contributed by atoms with E-state index in [1.807, 2.05) is 11.8 Å². The lowest BCUT2D eigenvalue weighted by Gasteiger charge is -2.31. The number of nitrogens with zero attached hydrogens (tertiary/aromatic N) is 1. The van der Waals surface area contributed by atoms with Gasteiger partial charge in [-0.3, -0.25) is 4.90 Å². The minimum Gasteiger partial charge on any atom is -0.393 e. The molecule has 1 aliphatic heterocycles. The molecule has 0 aromatic carbocycles. The van der Waals surface area contributed by atoms with E-state index in [0.717, 1.165) is 25.7 Å². The molecule has 17 heavy (non-hydrogen) atoms. The first-order valence-corrected chi connectivity index (χ1v) is 6.33. The third-order valence-electron chi connectivity index (χ3n) is 3.35. The predicted molar refractivity (Wildman–Crippen MR) is 65.8 cm³/mol. The fourth-order valence-electron chi connectivity index (χ4n) is 2.19. The first kappa shape index (κ1) is 14.7. The smallest absolute Gasteiger partial charge is 0.393 e. The van der Waals surface area contributed by atoms with Gasteiger partial charge in [0, 0.05) is 12.6 Å². The molecular weight excluding hydrogens is 249 g/mol. The number of alkyl halides is 3. The Morgan fingerprint density at radius 3 is 2.59 bits per heavy atom. The largest absolute Gasteiger partial charge is 0.399 e. The van der Waals surface area contributed by atoms with Crippen LogP contribution in [-0.4, -0.2) is 35.2 Å². The second-order valence-corrected chi connectivity index (χ2v) is 5.16. The van der Waals surface area contributed by atoms with Crippen molar-refractivity contribution in [2.45, 2.75) is 44.8 Å². The van der Waals surface area contributed by atoms with Crippen molar-refractivity contribution in [3.05, 3.63) is 0 Å². The molecule has 0 aliphatic carbocycles. The molecule has 2 atom stereocenters. The Labute approximate surface area is 105 Å². The highest BCUT2D eigenvalue weighted by Gasteiger charge is 2.43. The Morgan fingerprint density at radius 2 is 2.06 bits per heavy atom. The summed E-state index contributed by atoms with van der Waals surface area (Å²) in [4.78, 5) is 1.42. The Bertz CT molecular complexity index is 268. The molecule has 0 radical (unpaired) electrons. The van der Waals surface area contributed by atoms with E-state index in [1.165, 1.54) is 0 Å². The van der Waals surface area contributed by atoms with Crippen molar-refractivity contribution in [3.8, 4) is 0 Å². The van der Waals surface area contributed by atoms with E-state index in [-0.39, 0.29) is 12.6 Å². The number of likely N-dealkylation sites (tertiary alicyclic amines) is 1. The second-order valence-electron chi connectivity index (χ2n) is 4.69. The molecule has 1 saturated heterocycles. The third kappa shape index (κ3) is 4.43. The van der Waals surface area contributed by atoms with Gasteiger partial charge in [-0.05, 0) is 26.3 Å². The van der Waals surface area contributed by atoms with Crippen molar-refractivity contribution in [2.24, 2.45) is 11.7 Å². The lowest BCUT2D eigenvalue weighted by Crippen LogP contribution is -2.46. The van der Waals surface area contributed by atoms with Crippen molar-refractivity contribution in [1.82, 2.24) is 4.90 Å². The SMILES string of the molecule is CC1CCCCCN1CC(C(N)=S)C(F)(F)F. The lowest BCUT2D eigenvalue weighted by molar-refractivity contribution is -0.160. The van der Waals surface area contributed by atoms with Crippen LogP contribution >= 0.6 is 12.2 Å². The molecule has 0 amide bonds. The van der Waals surface area contributed by atoms with E-state index in [0.29, 0.717) is 6.54 Å². The summed E-state index contributed by atoms with van der Waals surface area (Å²) >= 11 is 4.54. The summed E-state index contributed by atoms with van der Waals surface area (Å²) in [6, 6.07) is 0.177. The fraction of sp³-hybridized carbons (Fsp3) is 0.909. The summed E-state index contributed by atoms with van der Waals surface area (Å²) in [6.07, 6.45) is -0.266. The molecule has 0 bridgehead atoms. The van der Waals surface area contributed by atoms with E-state index < -0.39 is 17.1 Å². The van der Waals surface area contributed by atoms with E-state index in [4.69, 9.17) is 5.73 Å². The standard InChI is InChI=1S/C11H19F3N2S/c1-8-5-3-2-4-6-16(8)7-9(10(15)17)11(12,13)14/h8-9H,2-7H2,1H3,(H2,15,17). The van der Waals surface area contributed by atoms with Gasteiger partial charge in [0.05, 0.1) is 4.99 Å². The van der Waals surface area contributed by atoms with Gasteiger partial charge in [0.1, 0.15) is 5.92 Å². The summed E-state index contributed by atoms with van der Waals surface area (Å²) in [5, 5.41) is 0. The number of thiocarbonyl (C=S) groups is 1. The second kappa shape index (κ2) is 6.00. The van der Waals surface area contributed by atoms with Gasteiger partial charge in [0.25, 0.3) is 0 Å². The highest BCUT2D eigenvalue weighted by Crippen LogP contribution is 2.29. The van der Waals surface area contributed by atoms with Crippen molar-refractivity contribution in [1.29, 1.82) is 0 Å². The highest BCUT2D eigenvalue weighted by molar-refractivity contribution is 7.80. The summed E-state index contributed by atoms with van der Waals surface area (Å²) in [5.74, 6) is -1.68. The maximum Gasteiger partial charge on any atom is 0.399 e. The number of halogens is 3. The zero-order valence-electron chi connectivity index (χ0n) is 9.96. The number of hydrogen-bond donors (Lipinski definition) is 1. The van der Waals surface area contributed by atoms with Crippen molar-refractivity contribution in [2.75, 3.05) is 13.1 Å². The quantitative estimate of drug-likeness (QED) is 0.798. The summed E-state index contributed by atoms with van der Waals surface area (Å²) in [5.41, 5.74) is 5.21. The normalized spacial score (nSPS) is 25.3. The molecule has 0 aromatic heterocycles. The molecular formula is C11H19F3N2S. The third-order valence-corrected chi connectivity index (χ3v) is 3.63. The maximum atomic E-state index is 12.8. The zero-order chi connectivity index (χ0) is 13.1. The molecule has 0 aromatic rings. The minimum atomic E-state index is -4.34. The first-order chi connectivity index (χ1) is 7.82. The Balaban J connectivity index is 2.68. The van der Waals surface area contributed by atoms with Gasteiger partial charge >= 0.3 is 6.18 Å². The number of hydrogen-bond acceptors (Lipinski definition) is 2. The molecule has 1 heterocycles. The van der Waals surface area contributed by atoms with E-state index >= 15 is 0 Å². The molecule has 6 heteroatoms. The van der Waals surface area contributed by atoms with Crippen LogP contribution in [0.2, 0.25) is 0 Å². The Hall–Kier alpha value is -0.360. The number of nitrogens with two attached hydrogens (primary N) is 1. The van der Waals surface area contributed by atoms with E-state index in [2.05, 4.69) is 12.2 Å². The molecule has 2 nitrogen and oxygen atoms in total. The van der Waals surface area contributed by atoms with Gasteiger partial charge in [0.15, 0.2) is 0 Å². The van der Waals surface area contributed by atoms with Crippen LogP contribution in [0.15, 0.2) is 0 Å².